The van der Waals surface area contributed by atoms with Crippen molar-refractivity contribution in [2.75, 3.05) is 10.2 Å². The Balaban J connectivity index is 1.69. The smallest absolute Gasteiger partial charge is 0.339 e. The van der Waals surface area contributed by atoms with Crippen LogP contribution in [-0.2, 0) is 4.79 Å². The quantitative estimate of drug-likeness (QED) is 0.612. The van der Waals surface area contributed by atoms with E-state index in [9.17, 15) is 14.7 Å². The minimum atomic E-state index is -1.22. The molecular formula is C23H18N2O4. The molecular weight excluding hydrogens is 368 g/mol. The lowest BCUT2D eigenvalue weighted by Gasteiger charge is -2.25. The fourth-order valence-electron chi connectivity index (χ4n) is 3.36. The van der Waals surface area contributed by atoms with Crippen LogP contribution >= 0.6 is 0 Å². The van der Waals surface area contributed by atoms with E-state index in [-0.39, 0.29) is 23.3 Å². The van der Waals surface area contributed by atoms with E-state index in [1.165, 1.54) is 18.2 Å². The Morgan fingerprint density at radius 1 is 0.931 bits per heavy atom. The van der Waals surface area contributed by atoms with Crippen molar-refractivity contribution < 1.29 is 19.8 Å². The van der Waals surface area contributed by atoms with Crippen molar-refractivity contribution in [1.29, 1.82) is 0 Å². The molecule has 3 N–H and O–H groups in total. The Morgan fingerprint density at radius 2 is 1.59 bits per heavy atom. The highest BCUT2D eigenvalue weighted by molar-refractivity contribution is 6.11. The predicted molar refractivity (Wildman–Crippen MR) is 110 cm³/mol. The van der Waals surface area contributed by atoms with Crippen LogP contribution in [0.25, 0.3) is 0 Å². The van der Waals surface area contributed by atoms with Crippen molar-refractivity contribution in [3.63, 3.8) is 0 Å². The lowest BCUT2D eigenvalue weighted by molar-refractivity contribution is -0.114. The second-order valence-electron chi connectivity index (χ2n) is 6.61. The van der Waals surface area contributed by atoms with E-state index in [2.05, 4.69) is 5.32 Å². The Bertz CT molecular complexity index is 1090. The number of phenols is 1. The van der Waals surface area contributed by atoms with Crippen LogP contribution < -0.4 is 10.2 Å². The van der Waals surface area contributed by atoms with E-state index in [0.717, 1.165) is 11.3 Å². The number of aromatic carboxylic acids is 1. The number of benzene rings is 3. The molecule has 1 amide bonds. The minimum absolute atomic E-state index is 0.199. The number of hydrogen-bond donors (Lipinski definition) is 3. The molecule has 1 atom stereocenters. The first-order valence-electron chi connectivity index (χ1n) is 9.03. The third kappa shape index (κ3) is 3.55. The van der Waals surface area contributed by atoms with Crippen molar-refractivity contribution in [2.45, 2.75) is 6.04 Å². The minimum Gasteiger partial charge on any atom is -0.507 e. The largest absolute Gasteiger partial charge is 0.507 e. The van der Waals surface area contributed by atoms with Crippen molar-refractivity contribution >= 4 is 23.3 Å². The molecule has 1 aliphatic rings. The predicted octanol–water partition coefficient (Wildman–Crippen LogP) is 4.17. The van der Waals surface area contributed by atoms with Crippen molar-refractivity contribution in [3.8, 4) is 5.75 Å². The summed E-state index contributed by atoms with van der Waals surface area (Å²) < 4.78 is 0. The van der Waals surface area contributed by atoms with Crippen molar-refractivity contribution in [1.82, 2.24) is 0 Å². The molecule has 0 bridgehead atoms. The number of hydrogen-bond acceptors (Lipinski definition) is 4. The molecule has 0 aromatic heterocycles. The van der Waals surface area contributed by atoms with Gasteiger partial charge in [-0.3, -0.25) is 9.69 Å². The zero-order valence-corrected chi connectivity index (χ0v) is 15.3. The van der Waals surface area contributed by atoms with Gasteiger partial charge < -0.3 is 15.5 Å². The number of amides is 1. The van der Waals surface area contributed by atoms with Crippen LogP contribution in [0, 0.1) is 0 Å². The van der Waals surface area contributed by atoms with E-state index in [0.29, 0.717) is 11.4 Å². The molecule has 29 heavy (non-hydrogen) atoms. The highest BCUT2D eigenvalue weighted by Gasteiger charge is 2.34. The van der Waals surface area contributed by atoms with Crippen LogP contribution in [0.5, 0.6) is 5.75 Å². The number of carbonyl (C=O) groups is 2. The first kappa shape index (κ1) is 18.3. The van der Waals surface area contributed by atoms with Crippen LogP contribution in [0.2, 0.25) is 0 Å². The number of aromatic hydroxyl groups is 1. The van der Waals surface area contributed by atoms with Gasteiger partial charge in [0.2, 0.25) is 0 Å². The van der Waals surface area contributed by atoms with Gasteiger partial charge in [-0.25, -0.2) is 4.79 Å². The molecule has 6 heteroatoms. The van der Waals surface area contributed by atoms with Crippen LogP contribution in [0.1, 0.15) is 22.0 Å². The molecule has 144 valence electrons. The summed E-state index contributed by atoms with van der Waals surface area (Å²) in [7, 11) is 0. The summed E-state index contributed by atoms with van der Waals surface area (Å²) in [5.41, 5.74) is 2.31. The summed E-state index contributed by atoms with van der Waals surface area (Å²) in [6.45, 7) is 0. The third-order valence-corrected chi connectivity index (χ3v) is 4.73. The monoisotopic (exact) mass is 386 g/mol. The van der Waals surface area contributed by atoms with Gasteiger partial charge in [0.15, 0.2) is 0 Å². The lowest BCUT2D eigenvalue weighted by Crippen LogP contribution is -2.30. The number of carboxylic acid groups (broad SMARTS) is 1. The number of carbonyl (C=O) groups excluding carboxylic acids is 1. The Labute approximate surface area is 167 Å². The molecule has 0 unspecified atom stereocenters. The Morgan fingerprint density at radius 3 is 2.21 bits per heavy atom. The van der Waals surface area contributed by atoms with Crippen LogP contribution in [-0.4, -0.2) is 22.1 Å². The van der Waals surface area contributed by atoms with Gasteiger partial charge >= 0.3 is 5.97 Å². The first-order chi connectivity index (χ1) is 14.0. The first-order valence-corrected chi connectivity index (χ1v) is 9.03. The van der Waals surface area contributed by atoms with Crippen molar-refractivity contribution in [3.05, 3.63) is 102 Å². The van der Waals surface area contributed by atoms with Crippen LogP contribution in [0.4, 0.5) is 11.4 Å². The number of carboxylic acids is 1. The number of rotatable bonds is 5. The van der Waals surface area contributed by atoms with Gasteiger partial charge in [-0.2, -0.15) is 0 Å². The molecule has 1 heterocycles. The number of nitrogens with zero attached hydrogens (tertiary/aromatic N) is 1. The van der Waals surface area contributed by atoms with E-state index in [1.54, 1.807) is 4.90 Å². The second-order valence-corrected chi connectivity index (χ2v) is 6.61. The van der Waals surface area contributed by atoms with E-state index in [1.807, 2.05) is 66.7 Å². The SMILES string of the molecule is O=C(O)c1ccc(NC2=C[C@@H](c3ccccc3)N(c3ccccc3)C2=O)cc1O. The maximum atomic E-state index is 13.2. The fourth-order valence-corrected chi connectivity index (χ4v) is 3.36. The van der Waals surface area contributed by atoms with Crippen LogP contribution in [0.15, 0.2) is 90.6 Å². The fraction of sp³-hybridized carbons (Fsp3) is 0.0435. The van der Waals surface area contributed by atoms with Crippen molar-refractivity contribution in [2.24, 2.45) is 0 Å². The maximum Gasteiger partial charge on any atom is 0.339 e. The third-order valence-electron chi connectivity index (χ3n) is 4.73. The van der Waals surface area contributed by atoms with E-state index in [4.69, 9.17) is 5.11 Å². The number of para-hydroxylation sites is 1. The van der Waals surface area contributed by atoms with Gasteiger partial charge in [0, 0.05) is 17.4 Å². The van der Waals surface area contributed by atoms with Gasteiger partial charge in [-0.05, 0) is 35.9 Å². The molecule has 0 spiro atoms. The average Bonchev–Trinajstić information content (AvgIpc) is 3.05. The Kier molecular flexibility index (Phi) is 4.75. The number of anilines is 2. The molecule has 3 aromatic carbocycles. The number of nitrogens with one attached hydrogen (secondary N) is 1. The standard InChI is InChI=1S/C23H18N2O4/c26-21-13-16(11-12-18(21)23(28)29)24-19-14-20(15-7-3-1-4-8-15)25(22(19)27)17-9-5-2-6-10-17/h1-14,20,24,26H,(H,28,29)/t20-/m0/s1. The van der Waals surface area contributed by atoms with Crippen LogP contribution in [0.3, 0.4) is 0 Å². The van der Waals surface area contributed by atoms with Gasteiger partial charge in [0.05, 0.1) is 6.04 Å². The zero-order chi connectivity index (χ0) is 20.4. The van der Waals surface area contributed by atoms with Gasteiger partial charge in [0.25, 0.3) is 5.91 Å². The van der Waals surface area contributed by atoms with E-state index < -0.39 is 5.97 Å². The molecule has 3 aromatic rings. The molecule has 0 fully saturated rings. The second kappa shape index (κ2) is 7.52. The summed E-state index contributed by atoms with van der Waals surface area (Å²) in [6.07, 6.45) is 1.83. The summed E-state index contributed by atoms with van der Waals surface area (Å²) >= 11 is 0. The summed E-state index contributed by atoms with van der Waals surface area (Å²) in [5.74, 6) is -1.80. The topological polar surface area (TPSA) is 89.9 Å². The van der Waals surface area contributed by atoms with Gasteiger partial charge in [-0.1, -0.05) is 48.5 Å². The molecule has 1 aliphatic heterocycles. The molecule has 0 saturated carbocycles. The maximum absolute atomic E-state index is 13.2. The highest BCUT2D eigenvalue weighted by atomic mass is 16.4. The average molecular weight is 386 g/mol. The highest BCUT2D eigenvalue weighted by Crippen LogP contribution is 2.36. The van der Waals surface area contributed by atoms with Gasteiger partial charge in [0.1, 0.15) is 17.0 Å². The molecule has 6 nitrogen and oxygen atoms in total. The molecule has 0 saturated heterocycles. The molecule has 0 aliphatic carbocycles. The van der Waals surface area contributed by atoms with E-state index >= 15 is 0 Å². The summed E-state index contributed by atoms with van der Waals surface area (Å²) in [4.78, 5) is 26.0. The molecule has 0 radical (unpaired) electrons. The summed E-state index contributed by atoms with van der Waals surface area (Å²) in [5, 5.41) is 22.0. The normalized spacial score (nSPS) is 15.9. The van der Waals surface area contributed by atoms with Gasteiger partial charge in [-0.15, -0.1) is 0 Å². The Hall–Kier alpha value is -4.06. The lowest BCUT2D eigenvalue weighted by atomic mass is 10.1. The molecule has 4 rings (SSSR count). The zero-order valence-electron chi connectivity index (χ0n) is 15.3. The summed E-state index contributed by atoms with van der Waals surface area (Å²) in [6, 6.07) is 22.9.